The molecule has 1 heterocycles. The maximum atomic E-state index is 3.68. The van der Waals surface area contributed by atoms with Gasteiger partial charge in [-0.1, -0.05) is 11.8 Å². The standard InChI is InChI=1S/C3HIN2S/c4-3-6-5-1-2-7-3/h2H. The van der Waals surface area contributed by atoms with Gasteiger partial charge in [0.1, 0.15) is 0 Å². The van der Waals surface area contributed by atoms with Crippen LogP contribution in [0.3, 0.4) is 0 Å². The van der Waals surface area contributed by atoms with Gasteiger partial charge in [0.2, 0.25) is 0 Å². The summed E-state index contributed by atoms with van der Waals surface area (Å²) in [6, 6.07) is 0. The number of hydrogen-bond donors (Lipinski definition) is 0. The molecule has 0 bridgehead atoms. The summed E-state index contributed by atoms with van der Waals surface area (Å²) in [7, 11) is 0. The summed E-state index contributed by atoms with van der Waals surface area (Å²) in [6.07, 6.45) is 0. The average molecular weight is 224 g/mol. The Kier molecular flexibility index (Phi) is 1.90. The summed E-state index contributed by atoms with van der Waals surface area (Å²) in [5, 5.41) is 8.96. The van der Waals surface area contributed by atoms with Crippen LogP contribution in [0, 0.1) is 0 Å². The number of rotatable bonds is 0. The molecule has 0 aromatic carbocycles. The minimum Gasteiger partial charge on any atom is -0.128 e. The zero-order valence-electron chi connectivity index (χ0n) is 3.26. The van der Waals surface area contributed by atoms with Gasteiger partial charge in [-0.2, -0.15) is 0 Å². The Morgan fingerprint density at radius 1 is 1.86 bits per heavy atom. The van der Waals surface area contributed by atoms with Gasteiger partial charge in [0.05, 0.1) is 0 Å². The third kappa shape index (κ3) is 1.63. The molecule has 0 saturated heterocycles. The molecule has 1 aliphatic heterocycles. The van der Waals surface area contributed by atoms with Crippen molar-refractivity contribution in [3.05, 3.63) is 5.41 Å². The molecule has 0 atom stereocenters. The van der Waals surface area contributed by atoms with E-state index in [4.69, 9.17) is 0 Å². The molecule has 0 aromatic rings. The fourth-order valence-electron chi connectivity index (χ4n) is 0.190. The number of nitrogens with zero attached hydrogens (tertiary/aromatic N) is 2. The molecule has 0 saturated carbocycles. The fourth-order valence-corrected chi connectivity index (χ4v) is 0.965. The molecule has 2 nitrogen and oxygen atoms in total. The number of hydrogen-bond acceptors (Lipinski definition) is 3. The van der Waals surface area contributed by atoms with Crippen LogP contribution in [0.1, 0.15) is 0 Å². The van der Waals surface area contributed by atoms with Gasteiger partial charge in [-0.25, -0.2) is 0 Å². The highest BCUT2D eigenvalue weighted by Gasteiger charge is 1.89. The van der Waals surface area contributed by atoms with Crippen LogP contribution in [0.15, 0.2) is 15.6 Å². The third-order valence-electron chi connectivity index (χ3n) is 0.395. The van der Waals surface area contributed by atoms with Gasteiger partial charge in [-0.3, -0.25) is 0 Å². The highest BCUT2D eigenvalue weighted by Crippen LogP contribution is 2.12. The van der Waals surface area contributed by atoms with E-state index >= 15 is 0 Å². The molecule has 0 aliphatic carbocycles. The van der Waals surface area contributed by atoms with Crippen molar-refractivity contribution >= 4 is 43.3 Å². The predicted octanol–water partition coefficient (Wildman–Crippen LogP) is 1.62. The largest absolute Gasteiger partial charge is 0.162 e. The van der Waals surface area contributed by atoms with Crippen molar-refractivity contribution < 1.29 is 0 Å². The van der Waals surface area contributed by atoms with Crippen LogP contribution in [0.4, 0.5) is 0 Å². The summed E-state index contributed by atoms with van der Waals surface area (Å²) >= 11 is 3.63. The van der Waals surface area contributed by atoms with E-state index in [-0.39, 0.29) is 0 Å². The summed E-state index contributed by atoms with van der Waals surface area (Å²) in [4.78, 5) is 0. The Hall–Kier alpha value is 0.200. The Bertz CT molecular complexity index is 156. The molecule has 0 spiro atoms. The van der Waals surface area contributed by atoms with E-state index in [0.29, 0.717) is 0 Å². The lowest BCUT2D eigenvalue weighted by Gasteiger charge is -1.86. The lowest BCUT2D eigenvalue weighted by atomic mass is 11.2. The summed E-state index contributed by atoms with van der Waals surface area (Å²) < 4.78 is 0.941. The molecule has 0 unspecified atom stereocenters. The highest BCUT2D eigenvalue weighted by molar-refractivity contribution is 14.1. The molecular weight excluding hydrogens is 223 g/mol. The van der Waals surface area contributed by atoms with E-state index in [1.807, 2.05) is 0 Å². The van der Waals surface area contributed by atoms with Crippen molar-refractivity contribution in [1.82, 2.24) is 0 Å². The maximum absolute atomic E-state index is 3.68. The SMILES string of the molecule is IC1=NN=C=CS1. The molecule has 0 aromatic heterocycles. The first-order chi connectivity index (χ1) is 3.39. The lowest BCUT2D eigenvalue weighted by Crippen LogP contribution is -1.74. The van der Waals surface area contributed by atoms with E-state index in [0.717, 1.165) is 3.05 Å². The number of thioether (sulfide) groups is 1. The van der Waals surface area contributed by atoms with Gasteiger partial charge >= 0.3 is 0 Å². The molecule has 0 fully saturated rings. The van der Waals surface area contributed by atoms with E-state index in [1.54, 1.807) is 5.41 Å². The van der Waals surface area contributed by atoms with Crippen LogP contribution < -0.4 is 0 Å². The molecule has 1 rings (SSSR count). The van der Waals surface area contributed by atoms with Gasteiger partial charge in [-0.15, -0.1) is 10.2 Å². The quantitative estimate of drug-likeness (QED) is 0.574. The second-order valence-corrected chi connectivity index (χ2v) is 3.43. The second kappa shape index (κ2) is 2.49. The van der Waals surface area contributed by atoms with Crippen molar-refractivity contribution in [2.75, 3.05) is 0 Å². The number of halogens is 1. The van der Waals surface area contributed by atoms with Gasteiger partial charge in [-0.05, 0) is 22.6 Å². The molecule has 1 aliphatic rings. The van der Waals surface area contributed by atoms with Gasteiger partial charge in [0, 0.05) is 11.3 Å². The van der Waals surface area contributed by atoms with Gasteiger partial charge in [0.25, 0.3) is 0 Å². The average Bonchev–Trinajstić information content (AvgIpc) is 1.69. The Morgan fingerprint density at radius 3 is 3.00 bits per heavy atom. The van der Waals surface area contributed by atoms with E-state index in [9.17, 15) is 0 Å². The molecule has 0 N–H and O–H groups in total. The monoisotopic (exact) mass is 224 g/mol. The topological polar surface area (TPSA) is 24.7 Å². The maximum Gasteiger partial charge on any atom is 0.162 e. The third-order valence-corrected chi connectivity index (χ3v) is 1.87. The smallest absolute Gasteiger partial charge is 0.128 e. The van der Waals surface area contributed by atoms with Crippen molar-refractivity contribution in [3.8, 4) is 0 Å². The van der Waals surface area contributed by atoms with Crippen molar-refractivity contribution in [3.63, 3.8) is 0 Å². The first-order valence-electron chi connectivity index (χ1n) is 1.56. The summed E-state index contributed by atoms with van der Waals surface area (Å²) in [5.41, 5.74) is 0. The second-order valence-electron chi connectivity index (χ2n) is 0.818. The summed E-state index contributed by atoms with van der Waals surface area (Å²) in [6.45, 7) is 0. The molecule has 36 valence electrons. The van der Waals surface area contributed by atoms with E-state index < -0.39 is 0 Å². The van der Waals surface area contributed by atoms with Gasteiger partial charge < -0.3 is 0 Å². The van der Waals surface area contributed by atoms with Crippen LogP contribution in [0.25, 0.3) is 0 Å². The zero-order chi connectivity index (χ0) is 5.11. The molecule has 0 radical (unpaired) electrons. The normalized spacial score (nSPS) is 17.0. The Morgan fingerprint density at radius 2 is 2.71 bits per heavy atom. The Balaban J connectivity index is 2.77. The van der Waals surface area contributed by atoms with E-state index in [2.05, 4.69) is 38.7 Å². The molecular formula is C3HIN2S. The molecule has 0 amide bonds. The van der Waals surface area contributed by atoms with Crippen LogP contribution >= 0.6 is 34.4 Å². The fraction of sp³-hybridized carbons (Fsp3) is 0. The predicted molar refractivity (Wildman–Crippen MR) is 41.1 cm³/mol. The highest BCUT2D eigenvalue weighted by atomic mass is 127. The van der Waals surface area contributed by atoms with E-state index in [1.165, 1.54) is 11.8 Å². The molecule has 4 heteroatoms. The lowest BCUT2D eigenvalue weighted by molar-refractivity contribution is 1.28. The minimum absolute atomic E-state index is 0.941. The minimum atomic E-state index is 0.941. The van der Waals surface area contributed by atoms with Crippen LogP contribution in [-0.4, -0.2) is 8.92 Å². The van der Waals surface area contributed by atoms with Gasteiger partial charge in [0.15, 0.2) is 3.05 Å². The van der Waals surface area contributed by atoms with Crippen LogP contribution in [0.5, 0.6) is 0 Å². The first-order valence-corrected chi connectivity index (χ1v) is 3.52. The van der Waals surface area contributed by atoms with Crippen molar-refractivity contribution in [2.24, 2.45) is 10.2 Å². The molecule has 7 heavy (non-hydrogen) atoms. The van der Waals surface area contributed by atoms with Crippen molar-refractivity contribution in [1.29, 1.82) is 0 Å². The van der Waals surface area contributed by atoms with Crippen LogP contribution in [-0.2, 0) is 0 Å². The Labute approximate surface area is 58.9 Å². The van der Waals surface area contributed by atoms with Crippen molar-refractivity contribution in [2.45, 2.75) is 0 Å². The first kappa shape index (κ1) is 5.34. The van der Waals surface area contributed by atoms with Crippen LogP contribution in [0.2, 0.25) is 0 Å². The zero-order valence-corrected chi connectivity index (χ0v) is 6.23. The summed E-state index contributed by atoms with van der Waals surface area (Å²) in [5.74, 6) is 2.59.